The molecule has 0 atom stereocenters. The third-order valence-corrected chi connectivity index (χ3v) is 3.50. The second kappa shape index (κ2) is 5.80. The van der Waals surface area contributed by atoms with Crippen LogP contribution in [0.1, 0.15) is 16.1 Å². The van der Waals surface area contributed by atoms with E-state index in [1.165, 1.54) is 17.4 Å². The topological polar surface area (TPSA) is 38.9 Å². The quantitative estimate of drug-likeness (QED) is 0.899. The molecule has 0 spiro atoms. The normalized spacial score (nSPS) is 10.1. The summed E-state index contributed by atoms with van der Waals surface area (Å²) >= 11 is 7.07. The predicted molar refractivity (Wildman–Crippen MR) is 75.8 cm³/mol. The van der Waals surface area contributed by atoms with E-state index >= 15 is 0 Å². The first-order valence-corrected chi connectivity index (χ1v) is 5.91. The lowest BCUT2D eigenvalue weighted by Gasteiger charge is -2.02. The number of nitrogens with zero attached hydrogens (tertiary/aromatic N) is 1. The minimum Gasteiger partial charge on any atom is -0.375 e. The van der Waals surface area contributed by atoms with Crippen LogP contribution >= 0.6 is 39.9 Å². The number of aromatic nitrogens is 1. The van der Waals surface area contributed by atoms with E-state index < -0.39 is 0 Å². The van der Waals surface area contributed by atoms with E-state index in [0.717, 1.165) is 10.6 Å². The van der Waals surface area contributed by atoms with E-state index in [9.17, 15) is 4.39 Å². The Morgan fingerprint density at radius 3 is 2.71 bits per heavy atom. The lowest BCUT2D eigenvalue weighted by atomic mass is 10.1. The molecule has 0 unspecified atom stereocenters. The molecule has 0 aliphatic heterocycles. The van der Waals surface area contributed by atoms with Gasteiger partial charge in [0.25, 0.3) is 0 Å². The molecular formula is C11H11BrClFN2S. The Morgan fingerprint density at radius 1 is 1.47 bits per heavy atom. The highest BCUT2D eigenvalue weighted by Gasteiger charge is 2.09. The number of halogens is 3. The van der Waals surface area contributed by atoms with Gasteiger partial charge in [-0.2, -0.15) is 0 Å². The molecule has 2 N–H and O–H groups in total. The fourth-order valence-electron chi connectivity index (χ4n) is 1.45. The van der Waals surface area contributed by atoms with Crippen molar-refractivity contribution in [2.75, 3.05) is 5.73 Å². The number of hydrogen-bond donors (Lipinski definition) is 1. The third-order valence-electron chi connectivity index (χ3n) is 2.28. The summed E-state index contributed by atoms with van der Waals surface area (Å²) in [5.74, 6) is -0.293. The first kappa shape index (κ1) is 14.4. The van der Waals surface area contributed by atoms with Gasteiger partial charge >= 0.3 is 0 Å². The van der Waals surface area contributed by atoms with E-state index in [0.29, 0.717) is 22.1 Å². The van der Waals surface area contributed by atoms with Gasteiger partial charge in [0.15, 0.2) is 5.13 Å². The van der Waals surface area contributed by atoms with Crippen LogP contribution < -0.4 is 5.73 Å². The SMILES string of the molecule is Br.Cc1nc(N)sc1Cc1ccc(Cl)cc1F. The molecule has 2 aromatic rings. The van der Waals surface area contributed by atoms with Gasteiger partial charge in [0.2, 0.25) is 0 Å². The van der Waals surface area contributed by atoms with Gasteiger partial charge in [-0.05, 0) is 24.6 Å². The highest BCUT2D eigenvalue weighted by molar-refractivity contribution is 8.93. The van der Waals surface area contributed by atoms with Gasteiger partial charge in [0, 0.05) is 16.3 Å². The molecule has 0 fully saturated rings. The van der Waals surface area contributed by atoms with Crippen molar-refractivity contribution in [1.82, 2.24) is 4.98 Å². The average molecular weight is 338 g/mol. The zero-order valence-corrected chi connectivity index (χ0v) is 12.3. The van der Waals surface area contributed by atoms with Crippen molar-refractivity contribution >= 4 is 45.1 Å². The lowest BCUT2D eigenvalue weighted by Crippen LogP contribution is -1.92. The zero-order valence-electron chi connectivity index (χ0n) is 9.04. The largest absolute Gasteiger partial charge is 0.375 e. The molecule has 0 saturated carbocycles. The van der Waals surface area contributed by atoms with Crippen LogP contribution in [-0.2, 0) is 6.42 Å². The molecule has 2 rings (SSSR count). The predicted octanol–water partition coefficient (Wildman–Crippen LogP) is 3.99. The second-order valence-electron chi connectivity index (χ2n) is 3.47. The van der Waals surface area contributed by atoms with Crippen molar-refractivity contribution in [1.29, 1.82) is 0 Å². The lowest BCUT2D eigenvalue weighted by molar-refractivity contribution is 0.614. The van der Waals surface area contributed by atoms with Crippen molar-refractivity contribution in [2.24, 2.45) is 0 Å². The van der Waals surface area contributed by atoms with E-state index in [2.05, 4.69) is 4.98 Å². The van der Waals surface area contributed by atoms with Crippen LogP contribution in [0, 0.1) is 12.7 Å². The summed E-state index contributed by atoms with van der Waals surface area (Å²) in [7, 11) is 0. The number of nitrogens with two attached hydrogens (primary N) is 1. The molecular weight excluding hydrogens is 327 g/mol. The Morgan fingerprint density at radius 2 is 2.18 bits per heavy atom. The van der Waals surface area contributed by atoms with E-state index in [1.54, 1.807) is 12.1 Å². The van der Waals surface area contributed by atoms with Crippen LogP contribution in [-0.4, -0.2) is 4.98 Å². The molecule has 1 heterocycles. The van der Waals surface area contributed by atoms with Gasteiger partial charge in [0.05, 0.1) is 5.69 Å². The van der Waals surface area contributed by atoms with Gasteiger partial charge in [-0.3, -0.25) is 0 Å². The van der Waals surface area contributed by atoms with Crippen LogP contribution in [0.2, 0.25) is 5.02 Å². The van der Waals surface area contributed by atoms with Crippen LogP contribution in [0.15, 0.2) is 18.2 Å². The molecule has 0 saturated heterocycles. The van der Waals surface area contributed by atoms with Crippen LogP contribution in [0.25, 0.3) is 0 Å². The van der Waals surface area contributed by atoms with Crippen molar-refractivity contribution in [3.05, 3.63) is 45.2 Å². The number of anilines is 1. The van der Waals surface area contributed by atoms with Gasteiger partial charge in [-0.25, -0.2) is 9.37 Å². The first-order chi connectivity index (χ1) is 7.56. The Hall–Kier alpha value is -0.650. The number of benzene rings is 1. The second-order valence-corrected chi connectivity index (χ2v) is 5.02. The van der Waals surface area contributed by atoms with E-state index in [4.69, 9.17) is 17.3 Å². The molecule has 0 radical (unpaired) electrons. The van der Waals surface area contributed by atoms with Crippen molar-refractivity contribution in [3.8, 4) is 0 Å². The molecule has 0 aliphatic rings. The molecule has 0 aliphatic carbocycles. The minimum atomic E-state index is -0.293. The molecule has 92 valence electrons. The average Bonchev–Trinajstić information content (AvgIpc) is 2.50. The van der Waals surface area contributed by atoms with Crippen molar-refractivity contribution in [2.45, 2.75) is 13.3 Å². The Bertz CT molecular complexity index is 530. The summed E-state index contributed by atoms with van der Waals surface area (Å²) < 4.78 is 13.5. The van der Waals surface area contributed by atoms with Gasteiger partial charge in [-0.15, -0.1) is 28.3 Å². The Balaban J connectivity index is 0.00000144. The van der Waals surface area contributed by atoms with Crippen molar-refractivity contribution < 1.29 is 4.39 Å². The maximum Gasteiger partial charge on any atom is 0.180 e. The zero-order chi connectivity index (χ0) is 11.7. The van der Waals surface area contributed by atoms with Crippen LogP contribution in [0.4, 0.5) is 9.52 Å². The van der Waals surface area contributed by atoms with Gasteiger partial charge < -0.3 is 5.73 Å². The Labute approximate surface area is 118 Å². The molecule has 1 aromatic carbocycles. The summed E-state index contributed by atoms with van der Waals surface area (Å²) in [6.07, 6.45) is 0.504. The molecule has 6 heteroatoms. The fraction of sp³-hybridized carbons (Fsp3) is 0.182. The summed E-state index contributed by atoms with van der Waals surface area (Å²) in [5.41, 5.74) is 7.05. The number of nitrogen functional groups attached to an aromatic ring is 1. The third kappa shape index (κ3) is 3.40. The molecule has 0 bridgehead atoms. The van der Waals surface area contributed by atoms with Gasteiger partial charge in [-0.1, -0.05) is 17.7 Å². The molecule has 0 amide bonds. The van der Waals surface area contributed by atoms with Crippen LogP contribution in [0.5, 0.6) is 0 Å². The highest BCUT2D eigenvalue weighted by Crippen LogP contribution is 2.25. The monoisotopic (exact) mass is 336 g/mol. The first-order valence-electron chi connectivity index (χ1n) is 4.72. The number of aryl methyl sites for hydroxylation is 1. The number of hydrogen-bond acceptors (Lipinski definition) is 3. The summed E-state index contributed by atoms with van der Waals surface area (Å²) in [6.45, 7) is 1.87. The minimum absolute atomic E-state index is 0. The summed E-state index contributed by atoms with van der Waals surface area (Å²) in [6, 6.07) is 4.68. The number of rotatable bonds is 2. The smallest absolute Gasteiger partial charge is 0.180 e. The standard InChI is InChI=1S/C11H10ClFN2S.BrH/c1-6-10(16-11(14)15-6)4-7-2-3-8(12)5-9(7)13;/h2-3,5H,4H2,1H3,(H2,14,15);1H. The van der Waals surface area contributed by atoms with E-state index in [-0.39, 0.29) is 22.8 Å². The molecule has 2 nitrogen and oxygen atoms in total. The summed E-state index contributed by atoms with van der Waals surface area (Å²) in [4.78, 5) is 5.09. The molecule has 17 heavy (non-hydrogen) atoms. The fourth-order valence-corrected chi connectivity index (χ4v) is 2.47. The maximum absolute atomic E-state index is 13.5. The summed E-state index contributed by atoms with van der Waals surface area (Å²) in [5, 5.41) is 0.920. The molecule has 1 aromatic heterocycles. The van der Waals surface area contributed by atoms with E-state index in [1.807, 2.05) is 6.92 Å². The van der Waals surface area contributed by atoms with Gasteiger partial charge in [0.1, 0.15) is 5.82 Å². The Kier molecular flexibility index (Phi) is 4.91. The highest BCUT2D eigenvalue weighted by atomic mass is 79.9. The number of thiazole rings is 1. The van der Waals surface area contributed by atoms with Crippen LogP contribution in [0.3, 0.4) is 0 Å². The maximum atomic E-state index is 13.5. The van der Waals surface area contributed by atoms with Crippen molar-refractivity contribution in [3.63, 3.8) is 0 Å².